The number of sulfonamides is 1. The number of rotatable bonds is 7. The van der Waals surface area contributed by atoms with Gasteiger partial charge in [0.15, 0.2) is 18.1 Å². The van der Waals surface area contributed by atoms with E-state index in [2.05, 4.69) is 5.32 Å². The highest BCUT2D eigenvalue weighted by molar-refractivity contribution is 7.89. The number of benzene rings is 2. The van der Waals surface area contributed by atoms with Crippen LogP contribution in [0.2, 0.25) is 0 Å². The van der Waals surface area contributed by atoms with Gasteiger partial charge >= 0.3 is 5.97 Å². The first-order valence-electron chi connectivity index (χ1n) is 8.62. The molecule has 154 valence electrons. The zero-order valence-electron chi connectivity index (χ0n) is 15.9. The van der Waals surface area contributed by atoms with Crippen LogP contribution in [0.4, 0.5) is 0 Å². The Bertz CT molecular complexity index is 1020. The van der Waals surface area contributed by atoms with E-state index in [1.807, 2.05) is 0 Å². The van der Waals surface area contributed by atoms with Gasteiger partial charge in [0.25, 0.3) is 5.91 Å². The molecule has 3 rings (SSSR count). The van der Waals surface area contributed by atoms with Gasteiger partial charge in [0.05, 0.1) is 10.5 Å². The molecule has 1 N–H and O–H groups in total. The molecule has 0 atom stereocenters. The number of nitrogens with one attached hydrogen (secondary N) is 1. The van der Waals surface area contributed by atoms with Gasteiger partial charge in [0.2, 0.25) is 16.8 Å². The SMILES string of the molecule is CN(C)S(=O)(=O)c1ccc(C(=O)OCC(=O)NCc2ccc3c(c2)OCO3)cc1. The number of hydrogen-bond donors (Lipinski definition) is 1. The molecule has 10 heteroatoms. The number of nitrogens with zero attached hydrogens (tertiary/aromatic N) is 1. The molecule has 1 aliphatic heterocycles. The maximum atomic E-state index is 12.1. The van der Waals surface area contributed by atoms with E-state index >= 15 is 0 Å². The predicted molar refractivity (Wildman–Crippen MR) is 102 cm³/mol. The molecule has 1 heterocycles. The highest BCUT2D eigenvalue weighted by Gasteiger charge is 2.18. The lowest BCUT2D eigenvalue weighted by molar-refractivity contribution is -0.124. The second-order valence-corrected chi connectivity index (χ2v) is 8.50. The summed E-state index contributed by atoms with van der Waals surface area (Å²) >= 11 is 0. The minimum Gasteiger partial charge on any atom is -0.454 e. The van der Waals surface area contributed by atoms with Gasteiger partial charge in [0, 0.05) is 20.6 Å². The van der Waals surface area contributed by atoms with Crippen molar-refractivity contribution in [2.75, 3.05) is 27.5 Å². The van der Waals surface area contributed by atoms with Crippen molar-refractivity contribution in [2.24, 2.45) is 0 Å². The van der Waals surface area contributed by atoms with E-state index < -0.39 is 28.5 Å². The fraction of sp³-hybridized carbons (Fsp3) is 0.263. The standard InChI is InChI=1S/C19H20N2O7S/c1-21(2)29(24,25)15-6-4-14(5-7-15)19(23)26-11-18(22)20-10-13-3-8-16-17(9-13)28-12-27-16/h3-9H,10-12H2,1-2H3,(H,20,22). The Balaban J connectivity index is 1.49. The average Bonchev–Trinajstić information content (AvgIpc) is 3.18. The van der Waals surface area contributed by atoms with E-state index in [1.165, 1.54) is 38.4 Å². The topological polar surface area (TPSA) is 111 Å². The lowest BCUT2D eigenvalue weighted by atomic mass is 10.2. The normalized spacial score (nSPS) is 12.7. The zero-order chi connectivity index (χ0) is 21.0. The number of hydrogen-bond acceptors (Lipinski definition) is 7. The third-order valence-electron chi connectivity index (χ3n) is 4.13. The van der Waals surface area contributed by atoms with Crippen LogP contribution in [-0.2, 0) is 26.1 Å². The molecule has 0 saturated heterocycles. The second-order valence-electron chi connectivity index (χ2n) is 6.35. The van der Waals surface area contributed by atoms with E-state index in [9.17, 15) is 18.0 Å². The molecule has 0 unspecified atom stereocenters. The summed E-state index contributed by atoms with van der Waals surface area (Å²) < 4.78 is 40.6. The summed E-state index contributed by atoms with van der Waals surface area (Å²) in [5, 5.41) is 2.64. The number of amides is 1. The van der Waals surface area contributed by atoms with Crippen LogP contribution in [0, 0.1) is 0 Å². The lowest BCUT2D eigenvalue weighted by Gasteiger charge is -2.11. The quantitative estimate of drug-likeness (QED) is 0.669. The van der Waals surface area contributed by atoms with E-state index in [1.54, 1.807) is 18.2 Å². The molecule has 0 saturated carbocycles. The predicted octanol–water partition coefficient (Wildman–Crippen LogP) is 1.14. The van der Waals surface area contributed by atoms with Crippen LogP contribution >= 0.6 is 0 Å². The minimum atomic E-state index is -3.58. The minimum absolute atomic E-state index is 0.0560. The molecule has 9 nitrogen and oxygen atoms in total. The molecule has 0 radical (unpaired) electrons. The van der Waals surface area contributed by atoms with Crippen molar-refractivity contribution in [3.63, 3.8) is 0 Å². The first kappa shape index (κ1) is 20.6. The van der Waals surface area contributed by atoms with Crippen molar-refractivity contribution >= 4 is 21.9 Å². The monoisotopic (exact) mass is 420 g/mol. The molecule has 1 amide bonds. The molecule has 29 heavy (non-hydrogen) atoms. The molecular weight excluding hydrogens is 400 g/mol. The third kappa shape index (κ3) is 4.84. The van der Waals surface area contributed by atoms with E-state index in [0.29, 0.717) is 11.5 Å². The van der Waals surface area contributed by atoms with Gasteiger partial charge in [-0.3, -0.25) is 4.79 Å². The molecule has 0 spiro atoms. The molecule has 2 aromatic carbocycles. The maximum Gasteiger partial charge on any atom is 0.338 e. The van der Waals surface area contributed by atoms with Crippen LogP contribution in [0.25, 0.3) is 0 Å². The van der Waals surface area contributed by atoms with Crippen LogP contribution in [0.3, 0.4) is 0 Å². The number of esters is 1. The van der Waals surface area contributed by atoms with Gasteiger partial charge in [-0.05, 0) is 42.0 Å². The largest absolute Gasteiger partial charge is 0.454 e. The highest BCUT2D eigenvalue weighted by atomic mass is 32.2. The molecule has 1 aliphatic rings. The van der Waals surface area contributed by atoms with E-state index in [4.69, 9.17) is 14.2 Å². The van der Waals surface area contributed by atoms with Gasteiger partial charge < -0.3 is 19.5 Å². The second kappa shape index (κ2) is 8.50. The van der Waals surface area contributed by atoms with Crippen LogP contribution in [-0.4, -0.2) is 52.1 Å². The van der Waals surface area contributed by atoms with Crippen molar-refractivity contribution in [3.8, 4) is 11.5 Å². The number of fused-ring (bicyclic) bond motifs is 1. The lowest BCUT2D eigenvalue weighted by Crippen LogP contribution is -2.28. The average molecular weight is 420 g/mol. The van der Waals surface area contributed by atoms with Gasteiger partial charge in [-0.15, -0.1) is 0 Å². The summed E-state index contributed by atoms with van der Waals surface area (Å²) in [4.78, 5) is 24.0. The smallest absolute Gasteiger partial charge is 0.338 e. The van der Waals surface area contributed by atoms with Crippen LogP contribution in [0.15, 0.2) is 47.4 Å². The Hall–Kier alpha value is -3.11. The van der Waals surface area contributed by atoms with Crippen molar-refractivity contribution < 1.29 is 32.2 Å². The van der Waals surface area contributed by atoms with Crippen LogP contribution in [0.5, 0.6) is 11.5 Å². The molecule has 2 aromatic rings. The molecule has 0 fully saturated rings. The van der Waals surface area contributed by atoms with Crippen LogP contribution in [0.1, 0.15) is 15.9 Å². The van der Waals surface area contributed by atoms with Gasteiger partial charge in [-0.1, -0.05) is 6.07 Å². The summed E-state index contributed by atoms with van der Waals surface area (Å²) in [5.41, 5.74) is 0.956. The van der Waals surface area contributed by atoms with Gasteiger partial charge in [0.1, 0.15) is 0 Å². The van der Waals surface area contributed by atoms with Crippen molar-refractivity contribution in [1.29, 1.82) is 0 Å². The Morgan fingerprint density at radius 1 is 1.07 bits per heavy atom. The van der Waals surface area contributed by atoms with Gasteiger partial charge in [-0.2, -0.15) is 0 Å². The summed E-state index contributed by atoms with van der Waals surface area (Å²) in [6, 6.07) is 10.6. The number of carbonyl (C=O) groups is 2. The summed E-state index contributed by atoms with van der Waals surface area (Å²) in [6.07, 6.45) is 0. The van der Waals surface area contributed by atoms with Crippen molar-refractivity contribution in [3.05, 3.63) is 53.6 Å². The number of ether oxygens (including phenoxy) is 3. The Kier molecular flexibility index (Phi) is 6.04. The molecule has 0 bridgehead atoms. The van der Waals surface area contributed by atoms with Crippen molar-refractivity contribution in [1.82, 2.24) is 9.62 Å². The van der Waals surface area contributed by atoms with Crippen LogP contribution < -0.4 is 14.8 Å². The highest BCUT2D eigenvalue weighted by Crippen LogP contribution is 2.32. The fourth-order valence-corrected chi connectivity index (χ4v) is 3.39. The summed E-state index contributed by atoms with van der Waals surface area (Å²) in [5.74, 6) is 0.0705. The Labute approximate surface area is 168 Å². The first-order valence-corrected chi connectivity index (χ1v) is 10.1. The molecular formula is C19H20N2O7S. The molecule has 0 aromatic heterocycles. The third-order valence-corrected chi connectivity index (χ3v) is 5.96. The zero-order valence-corrected chi connectivity index (χ0v) is 16.7. The summed E-state index contributed by atoms with van der Waals surface area (Å²) in [7, 11) is -0.750. The fourth-order valence-electron chi connectivity index (χ4n) is 2.49. The first-order chi connectivity index (χ1) is 13.8. The van der Waals surface area contributed by atoms with E-state index in [-0.39, 0.29) is 23.8 Å². The van der Waals surface area contributed by atoms with E-state index in [0.717, 1.165) is 9.87 Å². The summed E-state index contributed by atoms with van der Waals surface area (Å²) in [6.45, 7) is -0.0472. The molecule has 0 aliphatic carbocycles. The van der Waals surface area contributed by atoms with Crippen molar-refractivity contribution in [2.45, 2.75) is 11.4 Å². The maximum absolute atomic E-state index is 12.1. The number of carbonyl (C=O) groups excluding carboxylic acids is 2. The Morgan fingerprint density at radius 2 is 1.76 bits per heavy atom. The van der Waals surface area contributed by atoms with Gasteiger partial charge in [-0.25, -0.2) is 17.5 Å². The Morgan fingerprint density at radius 3 is 2.45 bits per heavy atom.